The molecule has 1 heteroatoms. The zero-order chi connectivity index (χ0) is 12.9. The Labute approximate surface area is 111 Å². The van der Waals surface area contributed by atoms with Gasteiger partial charge in [-0.05, 0) is 56.3 Å². The maximum absolute atomic E-state index is 12.4. The molecule has 100 valence electrons. The molecule has 4 unspecified atom stereocenters. The minimum atomic E-state index is -0.0917. The zero-order valence-corrected chi connectivity index (χ0v) is 12.0. The summed E-state index contributed by atoms with van der Waals surface area (Å²) in [6, 6.07) is 0. The number of rotatable bonds is 0. The molecule has 0 bridgehead atoms. The molecule has 2 fully saturated rings. The van der Waals surface area contributed by atoms with E-state index in [4.69, 9.17) is 0 Å². The number of Topliss-reactive ketones (excluding diaryl/α,β-unsaturated/α-hetero) is 1. The van der Waals surface area contributed by atoms with Crippen LogP contribution in [0.15, 0.2) is 11.6 Å². The SMILES string of the molecule is CC1CC2C3=CCCCC3CCC2C(C)(C)C1=O. The van der Waals surface area contributed by atoms with Crippen LogP contribution in [0.1, 0.15) is 59.3 Å². The largest absolute Gasteiger partial charge is 0.299 e. The lowest BCUT2D eigenvalue weighted by atomic mass is 9.52. The fraction of sp³-hybridized carbons (Fsp3) is 0.824. The Balaban J connectivity index is 1.95. The van der Waals surface area contributed by atoms with Gasteiger partial charge in [0, 0.05) is 11.3 Å². The molecule has 0 amide bonds. The van der Waals surface area contributed by atoms with Crippen molar-refractivity contribution in [2.75, 3.05) is 0 Å². The second-order valence-corrected chi connectivity index (χ2v) is 7.34. The van der Waals surface area contributed by atoms with Crippen molar-refractivity contribution in [2.45, 2.75) is 59.3 Å². The second kappa shape index (κ2) is 4.21. The zero-order valence-electron chi connectivity index (χ0n) is 12.0. The molecule has 0 radical (unpaired) electrons. The van der Waals surface area contributed by atoms with Crippen LogP contribution >= 0.6 is 0 Å². The van der Waals surface area contributed by atoms with E-state index in [1.54, 1.807) is 5.57 Å². The highest BCUT2D eigenvalue weighted by molar-refractivity contribution is 5.87. The van der Waals surface area contributed by atoms with E-state index in [0.29, 0.717) is 17.6 Å². The molecule has 0 saturated heterocycles. The molecule has 0 aromatic rings. The fourth-order valence-corrected chi connectivity index (χ4v) is 5.02. The fourth-order valence-electron chi connectivity index (χ4n) is 5.02. The minimum Gasteiger partial charge on any atom is -0.299 e. The van der Waals surface area contributed by atoms with Gasteiger partial charge >= 0.3 is 0 Å². The van der Waals surface area contributed by atoms with E-state index in [1.807, 2.05) is 0 Å². The Morgan fingerprint density at radius 3 is 2.78 bits per heavy atom. The third-order valence-corrected chi connectivity index (χ3v) is 5.97. The van der Waals surface area contributed by atoms with E-state index in [0.717, 1.165) is 12.3 Å². The topological polar surface area (TPSA) is 17.1 Å². The number of ketones is 1. The van der Waals surface area contributed by atoms with Crippen LogP contribution in [0.2, 0.25) is 0 Å². The van der Waals surface area contributed by atoms with Gasteiger partial charge in [0.25, 0.3) is 0 Å². The van der Waals surface area contributed by atoms with Crippen LogP contribution in [0.4, 0.5) is 0 Å². The Hall–Kier alpha value is -0.590. The van der Waals surface area contributed by atoms with E-state index >= 15 is 0 Å². The molecular formula is C17H26O. The van der Waals surface area contributed by atoms with Gasteiger partial charge in [0.1, 0.15) is 5.78 Å². The molecule has 1 nitrogen and oxygen atoms in total. The molecule has 0 aliphatic heterocycles. The Morgan fingerprint density at radius 2 is 2.00 bits per heavy atom. The predicted molar refractivity (Wildman–Crippen MR) is 74.2 cm³/mol. The summed E-state index contributed by atoms with van der Waals surface area (Å²) in [7, 11) is 0. The lowest BCUT2D eigenvalue weighted by Crippen LogP contribution is -2.49. The number of hydrogen-bond acceptors (Lipinski definition) is 1. The highest BCUT2D eigenvalue weighted by Gasteiger charge is 2.51. The first-order valence-corrected chi connectivity index (χ1v) is 7.76. The van der Waals surface area contributed by atoms with E-state index in [2.05, 4.69) is 26.8 Å². The van der Waals surface area contributed by atoms with Crippen molar-refractivity contribution in [3.63, 3.8) is 0 Å². The first-order chi connectivity index (χ1) is 8.51. The van der Waals surface area contributed by atoms with E-state index in [9.17, 15) is 4.79 Å². The number of carbonyl (C=O) groups is 1. The Bertz CT molecular complexity index is 390. The van der Waals surface area contributed by atoms with Crippen molar-refractivity contribution in [2.24, 2.45) is 29.1 Å². The number of carbonyl (C=O) groups excluding carboxylic acids is 1. The third-order valence-electron chi connectivity index (χ3n) is 5.97. The van der Waals surface area contributed by atoms with Crippen molar-refractivity contribution < 1.29 is 4.79 Å². The normalized spacial score (nSPS) is 42.8. The molecule has 3 aliphatic carbocycles. The molecule has 0 spiro atoms. The van der Waals surface area contributed by atoms with Crippen LogP contribution in [-0.2, 0) is 4.79 Å². The summed E-state index contributed by atoms with van der Waals surface area (Å²) < 4.78 is 0. The maximum Gasteiger partial charge on any atom is 0.141 e. The quantitative estimate of drug-likeness (QED) is 0.580. The highest BCUT2D eigenvalue weighted by Crippen LogP contribution is 2.55. The van der Waals surface area contributed by atoms with Gasteiger partial charge in [-0.25, -0.2) is 0 Å². The average Bonchev–Trinajstić information content (AvgIpc) is 2.36. The molecule has 2 saturated carbocycles. The van der Waals surface area contributed by atoms with Gasteiger partial charge in [0.05, 0.1) is 0 Å². The smallest absolute Gasteiger partial charge is 0.141 e. The second-order valence-electron chi connectivity index (χ2n) is 7.34. The van der Waals surface area contributed by atoms with Gasteiger partial charge in [0.15, 0.2) is 0 Å². The molecule has 18 heavy (non-hydrogen) atoms. The molecule has 0 heterocycles. The molecule has 3 rings (SSSR count). The maximum atomic E-state index is 12.4. The standard InChI is InChI=1S/C17H26O/c1-11-10-14-13-7-5-4-6-12(13)8-9-15(14)17(2,3)16(11)18/h7,11-12,14-15H,4-6,8-10H2,1-3H3. The third kappa shape index (κ3) is 1.70. The summed E-state index contributed by atoms with van der Waals surface area (Å²) in [6.45, 7) is 6.55. The molecule has 3 aliphatic rings. The number of fused-ring (bicyclic) bond motifs is 3. The molecule has 4 atom stereocenters. The predicted octanol–water partition coefficient (Wildman–Crippen LogP) is 4.37. The Kier molecular flexibility index (Phi) is 2.91. The lowest BCUT2D eigenvalue weighted by Gasteiger charge is -2.51. The van der Waals surface area contributed by atoms with E-state index < -0.39 is 0 Å². The van der Waals surface area contributed by atoms with Gasteiger partial charge in [-0.15, -0.1) is 0 Å². The first kappa shape index (κ1) is 12.4. The monoisotopic (exact) mass is 246 g/mol. The number of allylic oxidation sites excluding steroid dienone is 2. The Morgan fingerprint density at radius 1 is 1.22 bits per heavy atom. The first-order valence-electron chi connectivity index (χ1n) is 7.76. The van der Waals surface area contributed by atoms with Crippen molar-refractivity contribution >= 4 is 5.78 Å². The summed E-state index contributed by atoms with van der Waals surface area (Å²) in [5.41, 5.74) is 1.65. The molecule has 0 N–H and O–H groups in total. The van der Waals surface area contributed by atoms with Crippen LogP contribution in [0.5, 0.6) is 0 Å². The summed E-state index contributed by atoms with van der Waals surface area (Å²) in [4.78, 5) is 12.4. The van der Waals surface area contributed by atoms with Gasteiger partial charge in [-0.1, -0.05) is 32.4 Å². The molecule has 0 aromatic carbocycles. The van der Waals surface area contributed by atoms with Crippen LogP contribution in [0.25, 0.3) is 0 Å². The molecular weight excluding hydrogens is 220 g/mol. The van der Waals surface area contributed by atoms with Crippen molar-refractivity contribution in [3.05, 3.63) is 11.6 Å². The van der Waals surface area contributed by atoms with Gasteiger partial charge in [-0.2, -0.15) is 0 Å². The van der Waals surface area contributed by atoms with Gasteiger partial charge in [-0.3, -0.25) is 4.79 Å². The van der Waals surface area contributed by atoms with E-state index in [-0.39, 0.29) is 11.3 Å². The molecule has 0 aromatic heterocycles. The van der Waals surface area contributed by atoms with Crippen LogP contribution in [-0.4, -0.2) is 5.78 Å². The van der Waals surface area contributed by atoms with Gasteiger partial charge < -0.3 is 0 Å². The summed E-state index contributed by atoms with van der Waals surface area (Å²) in [5.74, 6) is 2.96. The summed E-state index contributed by atoms with van der Waals surface area (Å²) in [5, 5.41) is 0. The summed E-state index contributed by atoms with van der Waals surface area (Å²) >= 11 is 0. The summed E-state index contributed by atoms with van der Waals surface area (Å²) in [6.07, 6.45) is 10.3. The van der Waals surface area contributed by atoms with Crippen LogP contribution < -0.4 is 0 Å². The van der Waals surface area contributed by atoms with E-state index in [1.165, 1.54) is 32.1 Å². The highest BCUT2D eigenvalue weighted by atomic mass is 16.1. The number of hydrogen-bond donors (Lipinski definition) is 0. The van der Waals surface area contributed by atoms with Crippen molar-refractivity contribution in [1.29, 1.82) is 0 Å². The van der Waals surface area contributed by atoms with Crippen molar-refractivity contribution in [1.82, 2.24) is 0 Å². The van der Waals surface area contributed by atoms with Crippen molar-refractivity contribution in [3.8, 4) is 0 Å². The van der Waals surface area contributed by atoms with Gasteiger partial charge in [0.2, 0.25) is 0 Å². The van der Waals surface area contributed by atoms with Crippen LogP contribution in [0, 0.1) is 29.1 Å². The average molecular weight is 246 g/mol. The van der Waals surface area contributed by atoms with Crippen LogP contribution in [0.3, 0.4) is 0 Å². The minimum absolute atomic E-state index is 0.0917. The lowest BCUT2D eigenvalue weighted by molar-refractivity contribution is -0.141.